The molecule has 0 fully saturated rings. The highest BCUT2D eigenvalue weighted by Crippen LogP contribution is 2.69. The molecule has 2 aromatic heterocycles. The molecular formula is C46H44S4+2. The molecule has 5 aromatic carbocycles. The van der Waals surface area contributed by atoms with E-state index in [1.807, 2.05) is 0 Å². The van der Waals surface area contributed by atoms with Gasteiger partial charge in [0.25, 0.3) is 8.38 Å². The van der Waals surface area contributed by atoms with Crippen LogP contribution in [0, 0.1) is 0 Å². The van der Waals surface area contributed by atoms with Crippen LogP contribution in [0.3, 0.4) is 0 Å². The molecule has 3 aliphatic rings. The molecule has 7 aromatic rings. The summed E-state index contributed by atoms with van der Waals surface area (Å²) >= 11 is 8.25. The highest BCUT2D eigenvalue weighted by molar-refractivity contribution is 7.40. The van der Waals surface area contributed by atoms with Gasteiger partial charge in [-0.05, 0) is 79.3 Å². The zero-order valence-electron chi connectivity index (χ0n) is 30.2. The summed E-state index contributed by atoms with van der Waals surface area (Å²) in [5.41, 5.74) is 13.8. The zero-order valence-corrected chi connectivity index (χ0v) is 33.4. The Morgan fingerprint density at radius 1 is 0.380 bits per heavy atom. The summed E-state index contributed by atoms with van der Waals surface area (Å²) in [6.45, 7) is 18.8. The molecule has 0 amide bonds. The smallest absolute Gasteiger partial charge is 0.0619 e. The second kappa shape index (κ2) is 11.6. The standard InChI is InChI=1S/C46H44S4/c1-25(2)29-21-22-30(26(3)4)40-39(29)47-43(48-40)45-33-15-9-12-18-36(33)46(37-19-13-10-16-34(37)45,38-20-14-11-17-35(38)45)44-49-41-31(27(5)6)23-24-32(28(7)8)42(41)50-44/h9-28H,1-8H3/q+2. The van der Waals surface area contributed by atoms with Crippen molar-refractivity contribution in [2.45, 2.75) is 89.9 Å². The average Bonchev–Trinajstić information content (AvgIpc) is 3.76. The minimum absolute atomic E-state index is 0.379. The Bertz CT molecular complexity index is 2090. The van der Waals surface area contributed by atoms with Gasteiger partial charge in [-0.3, -0.25) is 0 Å². The third kappa shape index (κ3) is 4.14. The lowest BCUT2D eigenvalue weighted by Crippen LogP contribution is -2.50. The lowest BCUT2D eigenvalue weighted by atomic mass is 9.48. The van der Waals surface area contributed by atoms with E-state index in [0.717, 1.165) is 0 Å². The summed E-state index contributed by atoms with van der Waals surface area (Å²) in [7, 11) is 0. The van der Waals surface area contributed by atoms with Crippen molar-refractivity contribution >= 4 is 64.1 Å². The Morgan fingerprint density at radius 2 is 0.640 bits per heavy atom. The van der Waals surface area contributed by atoms with Crippen molar-refractivity contribution in [2.75, 3.05) is 0 Å². The number of rotatable bonds is 6. The van der Waals surface area contributed by atoms with E-state index < -0.39 is 0 Å². The van der Waals surface area contributed by atoms with E-state index in [2.05, 4.69) is 198 Å². The summed E-state index contributed by atoms with van der Waals surface area (Å²) in [6, 6.07) is 38.2. The Hall–Kier alpha value is -3.28. The number of hydrogen-bond acceptors (Lipinski definition) is 2. The van der Waals surface area contributed by atoms with Gasteiger partial charge in [0.1, 0.15) is 10.8 Å². The minimum Gasteiger partial charge on any atom is -0.0619 e. The molecule has 3 aliphatic carbocycles. The van der Waals surface area contributed by atoms with Crippen LogP contribution in [-0.4, -0.2) is 0 Å². The first-order chi connectivity index (χ1) is 24.1. The van der Waals surface area contributed by atoms with Crippen LogP contribution in [0.1, 0.15) is 143 Å². The largest absolute Gasteiger partial charge is 0.274 e. The average molecular weight is 725 g/mol. The number of fused-ring (bicyclic) bond motifs is 2. The molecule has 0 unspecified atom stereocenters. The van der Waals surface area contributed by atoms with Gasteiger partial charge in [0, 0.05) is 0 Å². The van der Waals surface area contributed by atoms with Gasteiger partial charge in [0.05, 0.1) is 45.3 Å². The predicted molar refractivity (Wildman–Crippen MR) is 222 cm³/mol. The van der Waals surface area contributed by atoms with Crippen molar-refractivity contribution < 1.29 is 0 Å². The van der Waals surface area contributed by atoms with Crippen molar-refractivity contribution in [1.82, 2.24) is 0 Å². The molecule has 10 rings (SSSR count). The highest BCUT2D eigenvalue weighted by atomic mass is 32.2. The van der Waals surface area contributed by atoms with E-state index in [-0.39, 0.29) is 10.8 Å². The first-order valence-corrected chi connectivity index (χ1v) is 21.5. The molecule has 2 heterocycles. The molecule has 0 spiro atoms. The molecule has 0 radical (unpaired) electrons. The fourth-order valence-corrected chi connectivity index (χ4v) is 16.1. The fraction of sp³-hybridized carbons (Fsp3) is 0.304. The molecule has 4 heteroatoms. The SMILES string of the molecule is CC(C)c1ccc(C(C)C)c2[s+]c(C34c5ccccc5C(c5sc6c(C(C)C)ccc(C(C)C)c6[s+]5)(c5ccccc53)c3ccccc34)sc12. The maximum Gasteiger partial charge on any atom is 0.274 e. The minimum atomic E-state index is -0.379. The van der Waals surface area contributed by atoms with Crippen molar-refractivity contribution in [3.63, 3.8) is 0 Å². The number of hydrogen-bond donors (Lipinski definition) is 0. The normalized spacial score (nSPS) is 19.3. The highest BCUT2D eigenvalue weighted by Gasteiger charge is 2.66. The van der Waals surface area contributed by atoms with Crippen LogP contribution in [0.25, 0.3) is 18.8 Å². The molecule has 0 nitrogen and oxygen atoms in total. The van der Waals surface area contributed by atoms with Crippen molar-refractivity contribution in [2.24, 2.45) is 0 Å². The number of benzene rings is 5. The van der Waals surface area contributed by atoms with Gasteiger partial charge in [-0.25, -0.2) is 0 Å². The quantitative estimate of drug-likeness (QED) is 0.150. The fourth-order valence-electron chi connectivity index (χ4n) is 9.09. The van der Waals surface area contributed by atoms with Gasteiger partial charge < -0.3 is 0 Å². The Kier molecular flexibility index (Phi) is 7.58. The van der Waals surface area contributed by atoms with Gasteiger partial charge in [-0.2, -0.15) is 0 Å². The van der Waals surface area contributed by atoms with Gasteiger partial charge in [-0.15, -0.1) is 0 Å². The second-order valence-corrected chi connectivity index (χ2v) is 20.1. The molecule has 0 N–H and O–H groups in total. The molecule has 0 saturated carbocycles. The third-order valence-corrected chi connectivity index (χ3v) is 17.2. The molecule has 250 valence electrons. The molecule has 0 atom stereocenters. The maximum atomic E-state index is 2.47. The van der Waals surface area contributed by atoms with Crippen LogP contribution in [0.15, 0.2) is 97.1 Å². The first-order valence-electron chi connectivity index (χ1n) is 18.2. The van der Waals surface area contributed by atoms with Crippen molar-refractivity contribution in [3.8, 4) is 0 Å². The molecule has 2 bridgehead atoms. The van der Waals surface area contributed by atoms with Crippen LogP contribution in [0.4, 0.5) is 0 Å². The van der Waals surface area contributed by atoms with Crippen molar-refractivity contribution in [3.05, 3.63) is 161 Å². The van der Waals surface area contributed by atoms with Gasteiger partial charge in [-0.1, -0.05) is 152 Å². The summed E-state index contributed by atoms with van der Waals surface area (Å²) in [6.07, 6.45) is 0. The Balaban J connectivity index is 1.45. The van der Waals surface area contributed by atoms with Gasteiger partial charge >= 0.3 is 0 Å². The van der Waals surface area contributed by atoms with E-state index in [0.29, 0.717) is 23.7 Å². The molecule has 50 heavy (non-hydrogen) atoms. The van der Waals surface area contributed by atoms with Gasteiger partial charge in [0.2, 0.25) is 0 Å². The molecular weight excluding hydrogens is 681 g/mol. The summed E-state index contributed by atoms with van der Waals surface area (Å²) < 4.78 is 8.86. The Morgan fingerprint density at radius 3 is 0.900 bits per heavy atom. The third-order valence-electron chi connectivity index (χ3n) is 11.4. The monoisotopic (exact) mass is 724 g/mol. The first kappa shape index (κ1) is 32.6. The van der Waals surface area contributed by atoms with Crippen LogP contribution in [0.2, 0.25) is 0 Å². The van der Waals surface area contributed by atoms with Crippen LogP contribution < -0.4 is 0 Å². The molecule has 0 saturated heterocycles. The topological polar surface area (TPSA) is 0 Å². The predicted octanol–water partition coefficient (Wildman–Crippen LogP) is 14.7. The zero-order chi connectivity index (χ0) is 34.7. The van der Waals surface area contributed by atoms with Crippen LogP contribution in [0.5, 0.6) is 0 Å². The molecule has 0 aliphatic heterocycles. The van der Waals surface area contributed by atoms with Crippen LogP contribution >= 0.6 is 45.3 Å². The van der Waals surface area contributed by atoms with Crippen molar-refractivity contribution in [1.29, 1.82) is 0 Å². The summed E-state index contributed by atoms with van der Waals surface area (Å²) in [5, 5.41) is 0. The lowest BCUT2D eigenvalue weighted by molar-refractivity contribution is 0.579. The Labute approximate surface area is 313 Å². The lowest BCUT2D eigenvalue weighted by Gasteiger charge is -2.52. The van der Waals surface area contributed by atoms with Crippen LogP contribution in [-0.2, 0) is 10.8 Å². The van der Waals surface area contributed by atoms with E-state index in [9.17, 15) is 0 Å². The summed E-state index contributed by atoms with van der Waals surface area (Å²) in [5.74, 6) is 1.86. The second-order valence-electron chi connectivity index (χ2n) is 15.5. The summed E-state index contributed by atoms with van der Waals surface area (Å²) in [4.78, 5) is 0. The van der Waals surface area contributed by atoms with E-state index in [1.54, 1.807) is 0 Å². The van der Waals surface area contributed by atoms with E-state index in [4.69, 9.17) is 0 Å². The van der Waals surface area contributed by atoms with E-state index in [1.165, 1.54) is 82.8 Å². The van der Waals surface area contributed by atoms with Gasteiger partial charge in [0.15, 0.2) is 18.8 Å². The maximum absolute atomic E-state index is 2.47. The van der Waals surface area contributed by atoms with E-state index >= 15 is 0 Å².